The van der Waals surface area contributed by atoms with Crippen LogP contribution in [0.25, 0.3) is 0 Å². The van der Waals surface area contributed by atoms with Crippen LogP contribution in [0.2, 0.25) is 0 Å². The summed E-state index contributed by atoms with van der Waals surface area (Å²) in [5.41, 5.74) is 7.42. The van der Waals surface area contributed by atoms with Gasteiger partial charge in [-0.1, -0.05) is 28.1 Å². The molecule has 120 valence electrons. The molecule has 0 radical (unpaired) electrons. The van der Waals surface area contributed by atoms with Crippen molar-refractivity contribution in [1.82, 2.24) is 0 Å². The largest absolute Gasteiger partial charge is 0.366 e. The smallest absolute Gasteiger partial charge is 0.248 e. The van der Waals surface area contributed by atoms with Gasteiger partial charge in [-0.3, -0.25) is 9.59 Å². The standard InChI is InChI=1S/C17H17BrN2O2S/c1-11(23-10-12-2-6-14(18)7-3-12)17(22)20-15-8-4-13(5-9-15)16(19)21/h2-9,11H,10H2,1H3,(H2,19,21)(H,20,22)/t11-/m1/s1. The fourth-order valence-corrected chi connectivity index (χ4v) is 2.95. The van der Waals surface area contributed by atoms with Crippen molar-refractivity contribution in [3.05, 3.63) is 64.1 Å². The molecule has 3 N–H and O–H groups in total. The summed E-state index contributed by atoms with van der Waals surface area (Å²) < 4.78 is 1.04. The van der Waals surface area contributed by atoms with E-state index in [1.54, 1.807) is 36.0 Å². The molecule has 2 rings (SSSR count). The van der Waals surface area contributed by atoms with Crippen LogP contribution in [-0.2, 0) is 10.5 Å². The van der Waals surface area contributed by atoms with E-state index < -0.39 is 5.91 Å². The first-order chi connectivity index (χ1) is 11.0. The fraction of sp³-hybridized carbons (Fsp3) is 0.176. The summed E-state index contributed by atoms with van der Waals surface area (Å²) in [6.07, 6.45) is 0. The quantitative estimate of drug-likeness (QED) is 0.784. The van der Waals surface area contributed by atoms with Gasteiger partial charge in [0.2, 0.25) is 11.8 Å². The third kappa shape index (κ3) is 5.41. The maximum absolute atomic E-state index is 12.2. The van der Waals surface area contributed by atoms with Crippen LogP contribution in [-0.4, -0.2) is 17.1 Å². The topological polar surface area (TPSA) is 72.2 Å². The average Bonchev–Trinajstić information content (AvgIpc) is 2.54. The lowest BCUT2D eigenvalue weighted by Crippen LogP contribution is -2.22. The van der Waals surface area contributed by atoms with E-state index in [0.717, 1.165) is 10.2 Å². The van der Waals surface area contributed by atoms with Gasteiger partial charge in [-0.15, -0.1) is 11.8 Å². The molecule has 23 heavy (non-hydrogen) atoms. The minimum absolute atomic E-state index is 0.0704. The molecule has 0 aliphatic heterocycles. The average molecular weight is 393 g/mol. The summed E-state index contributed by atoms with van der Waals surface area (Å²) in [6.45, 7) is 1.87. The van der Waals surface area contributed by atoms with Crippen molar-refractivity contribution in [3.63, 3.8) is 0 Å². The SMILES string of the molecule is C[C@@H](SCc1ccc(Br)cc1)C(=O)Nc1ccc(C(N)=O)cc1. The first-order valence-electron chi connectivity index (χ1n) is 7.02. The summed E-state index contributed by atoms with van der Waals surface area (Å²) in [7, 11) is 0. The van der Waals surface area contributed by atoms with Gasteiger partial charge in [0.05, 0.1) is 5.25 Å². The Hall–Kier alpha value is -1.79. The third-order valence-corrected chi connectivity index (χ3v) is 4.96. The van der Waals surface area contributed by atoms with Crippen LogP contribution in [0.4, 0.5) is 5.69 Å². The van der Waals surface area contributed by atoms with Crippen LogP contribution in [0, 0.1) is 0 Å². The van der Waals surface area contributed by atoms with Crippen LogP contribution in [0.5, 0.6) is 0 Å². The number of anilines is 1. The molecule has 1 atom stereocenters. The van der Waals surface area contributed by atoms with E-state index in [2.05, 4.69) is 21.2 Å². The lowest BCUT2D eigenvalue weighted by Gasteiger charge is -2.12. The van der Waals surface area contributed by atoms with Gasteiger partial charge in [0, 0.05) is 21.5 Å². The van der Waals surface area contributed by atoms with Crippen molar-refractivity contribution >= 4 is 45.2 Å². The highest BCUT2D eigenvalue weighted by molar-refractivity contribution is 9.10. The van der Waals surface area contributed by atoms with Gasteiger partial charge in [0.25, 0.3) is 0 Å². The lowest BCUT2D eigenvalue weighted by molar-refractivity contribution is -0.115. The number of rotatable bonds is 6. The summed E-state index contributed by atoms with van der Waals surface area (Å²) in [5.74, 6) is 0.211. The Morgan fingerprint density at radius 3 is 2.30 bits per heavy atom. The summed E-state index contributed by atoms with van der Waals surface area (Å²) in [6, 6.07) is 14.6. The number of halogens is 1. The molecular weight excluding hydrogens is 376 g/mol. The van der Waals surface area contributed by atoms with Crippen LogP contribution in [0.1, 0.15) is 22.8 Å². The van der Waals surface area contributed by atoms with Crippen LogP contribution >= 0.6 is 27.7 Å². The maximum Gasteiger partial charge on any atom is 0.248 e. The molecule has 2 amide bonds. The molecule has 0 aromatic heterocycles. The van der Waals surface area contributed by atoms with Gasteiger partial charge in [0.15, 0.2) is 0 Å². The predicted molar refractivity (Wildman–Crippen MR) is 98.5 cm³/mol. The maximum atomic E-state index is 12.2. The zero-order valence-corrected chi connectivity index (χ0v) is 15.0. The molecule has 4 nitrogen and oxygen atoms in total. The van der Waals surface area contributed by atoms with E-state index in [1.165, 1.54) is 5.56 Å². The second-order valence-electron chi connectivity index (χ2n) is 5.01. The van der Waals surface area contributed by atoms with Crippen LogP contribution < -0.4 is 11.1 Å². The zero-order chi connectivity index (χ0) is 16.8. The summed E-state index contributed by atoms with van der Waals surface area (Å²) in [4.78, 5) is 23.2. The highest BCUT2D eigenvalue weighted by Crippen LogP contribution is 2.21. The van der Waals surface area contributed by atoms with Crippen molar-refractivity contribution < 1.29 is 9.59 Å². The number of nitrogens with one attached hydrogen (secondary N) is 1. The Balaban J connectivity index is 1.86. The molecule has 0 saturated heterocycles. The minimum atomic E-state index is -0.485. The Bertz CT molecular complexity index is 687. The van der Waals surface area contributed by atoms with E-state index in [4.69, 9.17) is 5.73 Å². The second-order valence-corrected chi connectivity index (χ2v) is 7.26. The van der Waals surface area contributed by atoms with Gasteiger partial charge >= 0.3 is 0 Å². The number of carbonyl (C=O) groups is 2. The van der Waals surface area contributed by atoms with Crippen molar-refractivity contribution in [2.24, 2.45) is 5.73 Å². The van der Waals surface area contributed by atoms with Gasteiger partial charge in [0.1, 0.15) is 0 Å². The molecular formula is C17H17BrN2O2S. The second kappa shape index (κ2) is 8.17. The van der Waals surface area contributed by atoms with Crippen molar-refractivity contribution in [2.45, 2.75) is 17.9 Å². The molecule has 6 heteroatoms. The van der Waals surface area contributed by atoms with Crippen molar-refractivity contribution in [3.8, 4) is 0 Å². The van der Waals surface area contributed by atoms with Crippen LogP contribution in [0.3, 0.4) is 0 Å². The minimum Gasteiger partial charge on any atom is -0.366 e. The Morgan fingerprint density at radius 1 is 1.13 bits per heavy atom. The number of hydrogen-bond donors (Lipinski definition) is 2. The number of nitrogens with two attached hydrogens (primary N) is 1. The highest BCUT2D eigenvalue weighted by atomic mass is 79.9. The lowest BCUT2D eigenvalue weighted by atomic mass is 10.2. The normalized spacial score (nSPS) is 11.7. The highest BCUT2D eigenvalue weighted by Gasteiger charge is 2.14. The number of thioether (sulfide) groups is 1. The number of amides is 2. The zero-order valence-electron chi connectivity index (χ0n) is 12.6. The first kappa shape index (κ1) is 17.6. The molecule has 0 aliphatic rings. The summed E-state index contributed by atoms with van der Waals surface area (Å²) in [5, 5.41) is 2.65. The molecule has 0 heterocycles. The van der Waals surface area contributed by atoms with Gasteiger partial charge in [-0.2, -0.15) is 0 Å². The fourth-order valence-electron chi connectivity index (χ4n) is 1.84. The number of benzene rings is 2. The van der Waals surface area contributed by atoms with E-state index in [-0.39, 0.29) is 11.2 Å². The Labute approximate surface area is 148 Å². The predicted octanol–water partition coefficient (Wildman–Crippen LogP) is 3.81. The first-order valence-corrected chi connectivity index (χ1v) is 8.86. The number of hydrogen-bond acceptors (Lipinski definition) is 3. The monoisotopic (exact) mass is 392 g/mol. The Morgan fingerprint density at radius 2 is 1.74 bits per heavy atom. The van der Waals surface area contributed by atoms with Gasteiger partial charge in [-0.25, -0.2) is 0 Å². The van der Waals surface area contributed by atoms with Gasteiger partial charge < -0.3 is 11.1 Å². The molecule has 0 saturated carbocycles. The Kier molecular flexibility index (Phi) is 6.24. The molecule has 0 bridgehead atoms. The molecule has 0 fully saturated rings. The molecule has 0 aliphatic carbocycles. The molecule has 0 spiro atoms. The van der Waals surface area contributed by atoms with E-state index in [0.29, 0.717) is 11.3 Å². The van der Waals surface area contributed by atoms with Crippen LogP contribution in [0.15, 0.2) is 53.0 Å². The van der Waals surface area contributed by atoms with Crippen molar-refractivity contribution in [1.29, 1.82) is 0 Å². The molecule has 2 aromatic carbocycles. The van der Waals surface area contributed by atoms with Gasteiger partial charge in [-0.05, 0) is 48.9 Å². The molecule has 2 aromatic rings. The number of carbonyl (C=O) groups excluding carboxylic acids is 2. The summed E-state index contributed by atoms with van der Waals surface area (Å²) >= 11 is 4.97. The molecule has 0 unspecified atom stereocenters. The third-order valence-electron chi connectivity index (χ3n) is 3.22. The van der Waals surface area contributed by atoms with Crippen molar-refractivity contribution in [2.75, 3.05) is 5.32 Å². The van der Waals surface area contributed by atoms with E-state index >= 15 is 0 Å². The van der Waals surface area contributed by atoms with E-state index in [1.807, 2.05) is 31.2 Å². The van der Waals surface area contributed by atoms with E-state index in [9.17, 15) is 9.59 Å². The number of primary amides is 1.